The molecule has 1 fully saturated rings. The van der Waals surface area contributed by atoms with Gasteiger partial charge in [0.15, 0.2) is 5.60 Å². The molecule has 2 aliphatic heterocycles. The summed E-state index contributed by atoms with van der Waals surface area (Å²) in [7, 11) is 1.69. The number of aliphatic hydroxyl groups excluding tert-OH is 1. The molecule has 0 bridgehead atoms. The lowest BCUT2D eigenvalue weighted by Crippen LogP contribution is -2.49. The molecule has 3 rings (SSSR count). The van der Waals surface area contributed by atoms with Gasteiger partial charge in [0, 0.05) is 26.2 Å². The van der Waals surface area contributed by atoms with Crippen LogP contribution in [0.5, 0.6) is 0 Å². The maximum atomic E-state index is 12.0. The van der Waals surface area contributed by atoms with Crippen molar-refractivity contribution < 1.29 is 19.4 Å². The number of carbonyl (C=O) groups excluding carboxylic acids is 1. The average molecular weight is 331 g/mol. The fraction of sp³-hybridized carbons (Fsp3) is 0.526. The van der Waals surface area contributed by atoms with Gasteiger partial charge in [-0.05, 0) is 25.3 Å². The zero-order chi connectivity index (χ0) is 17.2. The quantitative estimate of drug-likeness (QED) is 0.807. The van der Waals surface area contributed by atoms with Gasteiger partial charge in [-0.2, -0.15) is 0 Å². The van der Waals surface area contributed by atoms with Crippen molar-refractivity contribution in [3.8, 4) is 0 Å². The topological polar surface area (TPSA) is 59.0 Å². The van der Waals surface area contributed by atoms with Crippen molar-refractivity contribution in [2.45, 2.75) is 43.9 Å². The number of nitrogens with zero attached hydrogens (tertiary/aromatic N) is 1. The first-order valence-electron chi connectivity index (χ1n) is 8.47. The molecule has 1 aromatic rings. The summed E-state index contributed by atoms with van der Waals surface area (Å²) in [6.07, 6.45) is 3.23. The Hall–Kier alpha value is -1.85. The van der Waals surface area contributed by atoms with E-state index >= 15 is 0 Å². The summed E-state index contributed by atoms with van der Waals surface area (Å²) < 4.78 is 10.9. The highest BCUT2D eigenvalue weighted by atomic mass is 16.6. The van der Waals surface area contributed by atoms with Gasteiger partial charge >= 0.3 is 5.97 Å². The van der Waals surface area contributed by atoms with Gasteiger partial charge in [0.25, 0.3) is 0 Å². The van der Waals surface area contributed by atoms with Gasteiger partial charge in [0.1, 0.15) is 6.10 Å². The van der Waals surface area contributed by atoms with Gasteiger partial charge in [-0.15, -0.1) is 0 Å². The molecule has 2 aliphatic rings. The van der Waals surface area contributed by atoms with Crippen molar-refractivity contribution in [1.29, 1.82) is 0 Å². The largest absolute Gasteiger partial charge is 0.447 e. The Morgan fingerprint density at radius 3 is 2.88 bits per heavy atom. The van der Waals surface area contributed by atoms with E-state index in [2.05, 4.69) is 4.90 Å². The lowest BCUT2D eigenvalue weighted by Gasteiger charge is -2.38. The molecule has 5 nitrogen and oxygen atoms in total. The smallest absolute Gasteiger partial charge is 0.333 e. The van der Waals surface area contributed by atoms with Crippen molar-refractivity contribution >= 4 is 5.97 Å². The Morgan fingerprint density at radius 1 is 1.42 bits per heavy atom. The second-order valence-corrected chi connectivity index (χ2v) is 6.71. The minimum absolute atomic E-state index is 0.221. The third-order valence-electron chi connectivity index (χ3n) is 5.03. The number of carbonyl (C=O) groups is 1. The highest BCUT2D eigenvalue weighted by Gasteiger charge is 2.49. The Kier molecular flexibility index (Phi) is 4.92. The summed E-state index contributed by atoms with van der Waals surface area (Å²) in [4.78, 5) is 14.1. The number of aliphatic hydroxyl groups is 1. The first-order valence-corrected chi connectivity index (χ1v) is 8.47. The van der Waals surface area contributed by atoms with Crippen molar-refractivity contribution in [1.82, 2.24) is 4.90 Å². The van der Waals surface area contributed by atoms with E-state index in [4.69, 9.17) is 9.47 Å². The van der Waals surface area contributed by atoms with Crippen molar-refractivity contribution in [2.75, 3.05) is 20.3 Å². The number of cyclic esters (lactones) is 1. The van der Waals surface area contributed by atoms with Crippen LogP contribution in [0.15, 0.2) is 42.1 Å². The molecule has 24 heavy (non-hydrogen) atoms. The fourth-order valence-electron chi connectivity index (χ4n) is 3.70. The van der Waals surface area contributed by atoms with Crippen LogP contribution in [0.2, 0.25) is 0 Å². The van der Waals surface area contributed by atoms with E-state index in [-0.39, 0.29) is 12.0 Å². The number of methoxy groups -OCH3 is 1. The van der Waals surface area contributed by atoms with Crippen LogP contribution in [0.3, 0.4) is 0 Å². The van der Waals surface area contributed by atoms with Crippen LogP contribution in [-0.4, -0.2) is 54.0 Å². The predicted octanol–water partition coefficient (Wildman–Crippen LogP) is 1.90. The summed E-state index contributed by atoms with van der Waals surface area (Å²) in [6.45, 7) is 3.26. The van der Waals surface area contributed by atoms with Gasteiger partial charge in [-0.3, -0.25) is 0 Å². The van der Waals surface area contributed by atoms with Crippen LogP contribution in [-0.2, 0) is 20.7 Å². The maximum absolute atomic E-state index is 12.0. The maximum Gasteiger partial charge on any atom is 0.333 e. The normalized spacial score (nSPS) is 28.0. The van der Waals surface area contributed by atoms with Gasteiger partial charge < -0.3 is 19.5 Å². The summed E-state index contributed by atoms with van der Waals surface area (Å²) in [6, 6.07) is 9.98. The van der Waals surface area contributed by atoms with E-state index in [9.17, 15) is 9.90 Å². The molecular weight excluding hydrogens is 306 g/mol. The highest BCUT2D eigenvalue weighted by Crippen LogP contribution is 2.38. The zero-order valence-corrected chi connectivity index (χ0v) is 14.3. The molecule has 0 saturated carbocycles. The molecule has 0 spiro atoms. The third kappa shape index (κ3) is 3.19. The first kappa shape index (κ1) is 17.0. The summed E-state index contributed by atoms with van der Waals surface area (Å²) in [5.41, 5.74) is 0.766. The molecule has 0 radical (unpaired) electrons. The predicted molar refractivity (Wildman–Crippen MR) is 90.3 cm³/mol. The second-order valence-electron chi connectivity index (χ2n) is 6.71. The van der Waals surface area contributed by atoms with Crippen LogP contribution in [0.25, 0.3) is 0 Å². The Morgan fingerprint density at radius 2 is 2.17 bits per heavy atom. The van der Waals surface area contributed by atoms with E-state index in [1.165, 1.54) is 6.08 Å². The van der Waals surface area contributed by atoms with Gasteiger partial charge in [0.05, 0.1) is 18.3 Å². The van der Waals surface area contributed by atoms with Gasteiger partial charge in [0.2, 0.25) is 0 Å². The summed E-state index contributed by atoms with van der Waals surface area (Å²) >= 11 is 0. The van der Waals surface area contributed by atoms with E-state index < -0.39 is 11.7 Å². The molecule has 0 unspecified atom stereocenters. The number of benzene rings is 1. The molecule has 0 amide bonds. The molecule has 1 saturated heterocycles. The molecule has 0 aromatic heterocycles. The first-order chi connectivity index (χ1) is 11.5. The Bertz CT molecular complexity index is 615. The number of hydrogen-bond donors (Lipinski definition) is 1. The van der Waals surface area contributed by atoms with Gasteiger partial charge in [-0.25, -0.2) is 4.79 Å². The molecular formula is C19H25NO4. The number of likely N-dealkylation sites (tertiary alicyclic amines) is 1. The SMILES string of the molecule is COC[C@@H]1CCCN1C1=CC(=O)O[C@@]1(C)[C@@H](O)Cc1ccccc1. The molecule has 5 heteroatoms. The highest BCUT2D eigenvalue weighted by molar-refractivity contribution is 5.86. The van der Waals surface area contributed by atoms with Gasteiger partial charge in [-0.1, -0.05) is 30.3 Å². The Balaban J connectivity index is 1.82. The van der Waals surface area contributed by atoms with Crippen LogP contribution in [0.4, 0.5) is 0 Å². The molecule has 3 atom stereocenters. The number of rotatable bonds is 6. The third-order valence-corrected chi connectivity index (χ3v) is 5.03. The lowest BCUT2D eigenvalue weighted by molar-refractivity contribution is -0.155. The lowest BCUT2D eigenvalue weighted by atomic mass is 9.89. The molecule has 1 aromatic carbocycles. The van der Waals surface area contributed by atoms with Crippen molar-refractivity contribution in [3.63, 3.8) is 0 Å². The molecule has 1 N–H and O–H groups in total. The van der Waals surface area contributed by atoms with Crippen LogP contribution < -0.4 is 0 Å². The Labute approximate surface area is 142 Å². The standard InChI is InChI=1S/C19H25NO4/c1-19(17(21)11-14-7-4-3-5-8-14)16(12-18(22)24-19)20-10-6-9-15(20)13-23-2/h3-5,7-8,12,15,17,21H,6,9-11,13H2,1-2H3/t15-,17-,19+/m0/s1. The average Bonchev–Trinajstić information content (AvgIpc) is 3.13. The minimum atomic E-state index is -1.02. The monoisotopic (exact) mass is 331 g/mol. The zero-order valence-electron chi connectivity index (χ0n) is 14.3. The second kappa shape index (κ2) is 6.95. The fourth-order valence-corrected chi connectivity index (χ4v) is 3.70. The number of ether oxygens (including phenoxy) is 2. The van der Waals surface area contributed by atoms with Crippen molar-refractivity contribution in [2.24, 2.45) is 0 Å². The van der Waals surface area contributed by atoms with Crippen LogP contribution >= 0.6 is 0 Å². The number of esters is 1. The molecule has 130 valence electrons. The van der Waals surface area contributed by atoms with Crippen molar-refractivity contribution in [3.05, 3.63) is 47.7 Å². The minimum Gasteiger partial charge on any atom is -0.447 e. The van der Waals surface area contributed by atoms with E-state index in [0.717, 1.165) is 30.6 Å². The molecule has 2 heterocycles. The van der Waals surface area contributed by atoms with E-state index in [1.807, 2.05) is 30.3 Å². The summed E-state index contributed by atoms with van der Waals surface area (Å²) in [5, 5.41) is 10.9. The van der Waals surface area contributed by atoms with E-state index in [0.29, 0.717) is 13.0 Å². The number of hydrogen-bond acceptors (Lipinski definition) is 5. The van der Waals surface area contributed by atoms with E-state index in [1.54, 1.807) is 14.0 Å². The van der Waals surface area contributed by atoms with Crippen LogP contribution in [0.1, 0.15) is 25.3 Å². The molecule has 0 aliphatic carbocycles. The summed E-state index contributed by atoms with van der Waals surface area (Å²) in [5.74, 6) is -0.386. The van der Waals surface area contributed by atoms with Crippen LogP contribution in [0, 0.1) is 0 Å².